The summed E-state index contributed by atoms with van der Waals surface area (Å²) in [5.74, 6) is 0.829. The van der Waals surface area contributed by atoms with Crippen LogP contribution < -0.4 is 10.5 Å². The SMILES string of the molecule is CCOc1cccc(CN2CCCC(N)C2)c1O. The Morgan fingerprint density at radius 3 is 3.06 bits per heavy atom. The van der Waals surface area contributed by atoms with E-state index in [2.05, 4.69) is 4.90 Å². The maximum absolute atomic E-state index is 10.1. The average Bonchev–Trinajstić information content (AvgIpc) is 2.35. The molecular weight excluding hydrogens is 228 g/mol. The minimum absolute atomic E-state index is 0.260. The molecule has 4 nitrogen and oxygen atoms in total. The van der Waals surface area contributed by atoms with E-state index >= 15 is 0 Å². The van der Waals surface area contributed by atoms with Gasteiger partial charge >= 0.3 is 0 Å². The van der Waals surface area contributed by atoms with Gasteiger partial charge in [-0.1, -0.05) is 12.1 Å². The van der Waals surface area contributed by atoms with Gasteiger partial charge in [0.05, 0.1) is 6.61 Å². The average molecular weight is 250 g/mol. The van der Waals surface area contributed by atoms with Crippen LogP contribution in [0.1, 0.15) is 25.3 Å². The van der Waals surface area contributed by atoms with Crippen LogP contribution in [0.3, 0.4) is 0 Å². The van der Waals surface area contributed by atoms with E-state index in [0.29, 0.717) is 12.4 Å². The minimum atomic E-state index is 0.260. The molecule has 0 amide bonds. The van der Waals surface area contributed by atoms with E-state index in [1.54, 1.807) is 6.07 Å². The summed E-state index contributed by atoms with van der Waals surface area (Å²) in [4.78, 5) is 2.29. The smallest absolute Gasteiger partial charge is 0.162 e. The highest BCUT2D eigenvalue weighted by Crippen LogP contribution is 2.31. The number of rotatable bonds is 4. The molecule has 2 rings (SSSR count). The van der Waals surface area contributed by atoms with Gasteiger partial charge in [-0.05, 0) is 32.4 Å². The van der Waals surface area contributed by atoms with Crippen molar-refractivity contribution in [1.82, 2.24) is 4.90 Å². The maximum Gasteiger partial charge on any atom is 0.162 e. The summed E-state index contributed by atoms with van der Waals surface area (Å²) in [6.45, 7) is 5.16. The van der Waals surface area contributed by atoms with E-state index in [4.69, 9.17) is 10.5 Å². The van der Waals surface area contributed by atoms with Crippen molar-refractivity contribution in [2.24, 2.45) is 5.73 Å². The second-order valence-corrected chi connectivity index (χ2v) is 4.83. The number of phenols is 1. The topological polar surface area (TPSA) is 58.7 Å². The van der Waals surface area contributed by atoms with Gasteiger partial charge in [-0.3, -0.25) is 4.90 Å². The Kier molecular flexibility index (Phi) is 4.44. The molecule has 1 atom stereocenters. The van der Waals surface area contributed by atoms with Crippen LogP contribution in [-0.2, 0) is 6.54 Å². The maximum atomic E-state index is 10.1. The fraction of sp³-hybridized carbons (Fsp3) is 0.571. The lowest BCUT2D eigenvalue weighted by atomic mass is 10.1. The number of hydrogen-bond donors (Lipinski definition) is 2. The highest BCUT2D eigenvalue weighted by atomic mass is 16.5. The molecule has 1 saturated heterocycles. The first-order valence-corrected chi connectivity index (χ1v) is 6.62. The molecule has 1 unspecified atom stereocenters. The van der Waals surface area contributed by atoms with Crippen molar-refractivity contribution in [3.8, 4) is 11.5 Å². The number of nitrogens with two attached hydrogens (primary N) is 1. The zero-order valence-electron chi connectivity index (χ0n) is 10.9. The first-order chi connectivity index (χ1) is 8.70. The molecule has 1 heterocycles. The molecule has 0 bridgehead atoms. The lowest BCUT2D eigenvalue weighted by Gasteiger charge is -2.30. The van der Waals surface area contributed by atoms with Gasteiger partial charge in [-0.25, -0.2) is 0 Å². The van der Waals surface area contributed by atoms with E-state index in [-0.39, 0.29) is 11.8 Å². The summed E-state index contributed by atoms with van der Waals surface area (Å²) in [5.41, 5.74) is 6.88. The first-order valence-electron chi connectivity index (χ1n) is 6.62. The Morgan fingerprint density at radius 1 is 1.50 bits per heavy atom. The fourth-order valence-electron chi connectivity index (χ4n) is 2.44. The zero-order chi connectivity index (χ0) is 13.0. The van der Waals surface area contributed by atoms with Crippen molar-refractivity contribution >= 4 is 0 Å². The van der Waals surface area contributed by atoms with Crippen molar-refractivity contribution in [1.29, 1.82) is 0 Å². The molecule has 1 aliphatic heterocycles. The predicted molar refractivity (Wildman–Crippen MR) is 71.8 cm³/mol. The summed E-state index contributed by atoms with van der Waals surface area (Å²) in [6, 6.07) is 5.92. The lowest BCUT2D eigenvalue weighted by molar-refractivity contribution is 0.199. The molecule has 1 fully saturated rings. The number of likely N-dealkylation sites (tertiary alicyclic amines) is 1. The van der Waals surface area contributed by atoms with Crippen LogP contribution >= 0.6 is 0 Å². The van der Waals surface area contributed by atoms with Gasteiger partial charge in [-0.2, -0.15) is 0 Å². The van der Waals surface area contributed by atoms with E-state index in [9.17, 15) is 5.11 Å². The molecule has 1 aromatic carbocycles. The Bertz CT molecular complexity index is 395. The highest BCUT2D eigenvalue weighted by molar-refractivity contribution is 5.45. The van der Waals surface area contributed by atoms with Gasteiger partial charge < -0.3 is 15.6 Å². The molecule has 0 aliphatic carbocycles. The van der Waals surface area contributed by atoms with Gasteiger partial charge in [0.2, 0.25) is 0 Å². The zero-order valence-corrected chi connectivity index (χ0v) is 10.9. The molecule has 0 radical (unpaired) electrons. The minimum Gasteiger partial charge on any atom is -0.504 e. The summed E-state index contributed by atoms with van der Waals surface area (Å²) in [5, 5.41) is 10.1. The van der Waals surface area contributed by atoms with Crippen LogP contribution in [0.25, 0.3) is 0 Å². The number of ether oxygens (including phenoxy) is 1. The third-order valence-electron chi connectivity index (χ3n) is 3.32. The van der Waals surface area contributed by atoms with Crippen molar-refractivity contribution in [2.45, 2.75) is 32.4 Å². The second-order valence-electron chi connectivity index (χ2n) is 4.83. The van der Waals surface area contributed by atoms with Gasteiger partial charge in [0.15, 0.2) is 11.5 Å². The van der Waals surface area contributed by atoms with Crippen molar-refractivity contribution in [3.63, 3.8) is 0 Å². The summed E-state index contributed by atoms with van der Waals surface area (Å²) < 4.78 is 5.39. The third kappa shape index (κ3) is 3.15. The van der Waals surface area contributed by atoms with Crippen molar-refractivity contribution < 1.29 is 9.84 Å². The molecule has 1 aromatic rings. The monoisotopic (exact) mass is 250 g/mol. The summed E-state index contributed by atoms with van der Waals surface area (Å²) in [7, 11) is 0. The number of para-hydroxylation sites is 1. The molecule has 4 heteroatoms. The molecule has 100 valence electrons. The van der Waals surface area contributed by atoms with Crippen LogP contribution in [0.15, 0.2) is 18.2 Å². The Hall–Kier alpha value is -1.26. The fourth-order valence-corrected chi connectivity index (χ4v) is 2.44. The molecular formula is C14H22N2O2. The first kappa shape index (κ1) is 13.2. The standard InChI is InChI=1S/C14H22N2O2/c1-2-18-13-7-3-5-11(14(13)17)9-16-8-4-6-12(15)10-16/h3,5,7,12,17H,2,4,6,8-10,15H2,1H3. The van der Waals surface area contributed by atoms with E-state index in [0.717, 1.165) is 38.0 Å². The van der Waals surface area contributed by atoms with Crippen molar-refractivity contribution in [2.75, 3.05) is 19.7 Å². The van der Waals surface area contributed by atoms with E-state index in [1.165, 1.54) is 0 Å². The van der Waals surface area contributed by atoms with Gasteiger partial charge in [0, 0.05) is 24.7 Å². The van der Waals surface area contributed by atoms with Gasteiger partial charge in [-0.15, -0.1) is 0 Å². The number of hydrogen-bond acceptors (Lipinski definition) is 4. The normalized spacial score (nSPS) is 20.9. The van der Waals surface area contributed by atoms with Crippen LogP contribution in [0, 0.1) is 0 Å². The number of phenolic OH excluding ortho intramolecular Hbond substituents is 1. The largest absolute Gasteiger partial charge is 0.504 e. The van der Waals surface area contributed by atoms with Crippen molar-refractivity contribution in [3.05, 3.63) is 23.8 Å². The lowest BCUT2D eigenvalue weighted by Crippen LogP contribution is -2.42. The molecule has 1 aliphatic rings. The summed E-state index contributed by atoms with van der Waals surface area (Å²) >= 11 is 0. The van der Waals surface area contributed by atoms with Gasteiger partial charge in [0.25, 0.3) is 0 Å². The summed E-state index contributed by atoms with van der Waals surface area (Å²) in [6.07, 6.45) is 2.23. The predicted octanol–water partition coefficient (Wildman–Crippen LogP) is 1.71. The molecule has 3 N–H and O–H groups in total. The second kappa shape index (κ2) is 6.07. The Labute approximate surface area is 108 Å². The highest BCUT2D eigenvalue weighted by Gasteiger charge is 2.18. The van der Waals surface area contributed by atoms with Gasteiger partial charge in [0.1, 0.15) is 0 Å². The Balaban J connectivity index is 2.06. The molecule has 0 spiro atoms. The van der Waals surface area contributed by atoms with Crippen LogP contribution in [0.2, 0.25) is 0 Å². The Morgan fingerprint density at radius 2 is 2.33 bits per heavy atom. The molecule has 0 aromatic heterocycles. The van der Waals surface area contributed by atoms with E-state index < -0.39 is 0 Å². The van der Waals surface area contributed by atoms with Crippen LogP contribution in [0.5, 0.6) is 11.5 Å². The molecule has 0 saturated carbocycles. The number of benzene rings is 1. The van der Waals surface area contributed by atoms with Crippen LogP contribution in [-0.4, -0.2) is 35.7 Å². The quantitative estimate of drug-likeness (QED) is 0.854. The van der Waals surface area contributed by atoms with Crippen LogP contribution in [0.4, 0.5) is 0 Å². The third-order valence-corrected chi connectivity index (χ3v) is 3.32. The number of nitrogens with zero attached hydrogens (tertiary/aromatic N) is 1. The number of aromatic hydroxyl groups is 1. The molecule has 18 heavy (non-hydrogen) atoms. The van der Waals surface area contributed by atoms with E-state index in [1.807, 2.05) is 19.1 Å². The number of piperidine rings is 1.